The number of imidazole rings is 1. The number of anilines is 1. The average Bonchev–Trinajstić information content (AvgIpc) is 3.24. The predicted octanol–water partition coefficient (Wildman–Crippen LogP) is 3.64. The summed E-state index contributed by atoms with van der Waals surface area (Å²) in [7, 11) is 0. The molecule has 3 heterocycles. The zero-order valence-electron chi connectivity index (χ0n) is 20.7. The van der Waals surface area contributed by atoms with Crippen LogP contribution in [0.1, 0.15) is 42.4 Å². The number of aromatic nitrogens is 2. The maximum Gasteiger partial charge on any atom is 0.225 e. The van der Waals surface area contributed by atoms with Crippen molar-refractivity contribution in [1.29, 1.82) is 0 Å². The van der Waals surface area contributed by atoms with Gasteiger partial charge in [-0.05, 0) is 62.8 Å². The standard InChI is InChI=1S/C28H35N5O2/c1-19-7-8-20(2)23(17-19)18-33-25-6-4-3-5-24(25)30-28(33)32-15-11-22(12-16-32)27(35)31-13-9-21(10-14-31)26(29)34/h3-8,17,21-22H,9-16,18H2,1-2H3,(H2,29,34). The third-order valence-electron chi connectivity index (χ3n) is 7.80. The first-order valence-corrected chi connectivity index (χ1v) is 12.7. The number of nitrogens with zero attached hydrogens (tertiary/aromatic N) is 4. The first-order valence-electron chi connectivity index (χ1n) is 12.7. The third-order valence-corrected chi connectivity index (χ3v) is 7.80. The zero-order chi connectivity index (χ0) is 24.5. The van der Waals surface area contributed by atoms with Crippen LogP contribution in [0.3, 0.4) is 0 Å². The number of rotatable bonds is 5. The van der Waals surface area contributed by atoms with Crippen LogP contribution in [0.2, 0.25) is 0 Å². The van der Waals surface area contributed by atoms with Gasteiger partial charge in [0.25, 0.3) is 0 Å². The average molecular weight is 474 g/mol. The highest BCUT2D eigenvalue weighted by Crippen LogP contribution is 2.30. The molecule has 184 valence electrons. The Morgan fingerprint density at radius 3 is 2.34 bits per heavy atom. The minimum absolute atomic E-state index is 0.0354. The van der Waals surface area contributed by atoms with Gasteiger partial charge >= 0.3 is 0 Å². The van der Waals surface area contributed by atoms with E-state index in [0.29, 0.717) is 25.9 Å². The summed E-state index contributed by atoms with van der Waals surface area (Å²) in [6, 6.07) is 14.9. The van der Waals surface area contributed by atoms with Gasteiger partial charge in [0.05, 0.1) is 17.6 Å². The summed E-state index contributed by atoms with van der Waals surface area (Å²) in [4.78, 5) is 33.9. The SMILES string of the molecule is Cc1ccc(C)c(Cn2c(N3CCC(C(=O)N4CCC(C(N)=O)CC4)CC3)nc3ccccc32)c1. The first-order chi connectivity index (χ1) is 16.9. The Morgan fingerprint density at radius 1 is 0.943 bits per heavy atom. The number of carbonyl (C=O) groups excluding carboxylic acids is 2. The fourth-order valence-corrected chi connectivity index (χ4v) is 5.57. The maximum absolute atomic E-state index is 13.2. The van der Waals surface area contributed by atoms with Crippen LogP contribution in [-0.2, 0) is 16.1 Å². The number of amides is 2. The number of nitrogens with two attached hydrogens (primary N) is 1. The van der Waals surface area contributed by atoms with E-state index in [1.807, 2.05) is 11.0 Å². The second kappa shape index (κ2) is 9.72. The van der Waals surface area contributed by atoms with E-state index >= 15 is 0 Å². The molecule has 0 spiro atoms. The van der Waals surface area contributed by atoms with E-state index < -0.39 is 0 Å². The molecule has 2 amide bonds. The van der Waals surface area contributed by atoms with Gasteiger partial charge in [0.15, 0.2) is 0 Å². The Kier molecular flexibility index (Phi) is 6.50. The minimum Gasteiger partial charge on any atom is -0.369 e. The van der Waals surface area contributed by atoms with Crippen molar-refractivity contribution in [3.05, 3.63) is 59.2 Å². The molecule has 0 unspecified atom stereocenters. The smallest absolute Gasteiger partial charge is 0.225 e. The molecule has 2 saturated heterocycles. The van der Waals surface area contributed by atoms with Crippen LogP contribution < -0.4 is 10.6 Å². The molecule has 35 heavy (non-hydrogen) atoms. The molecule has 2 fully saturated rings. The first kappa shape index (κ1) is 23.4. The molecule has 0 bridgehead atoms. The molecule has 1 aromatic heterocycles. The fraction of sp³-hybridized carbons (Fsp3) is 0.464. The van der Waals surface area contributed by atoms with Crippen LogP contribution in [0.5, 0.6) is 0 Å². The quantitative estimate of drug-likeness (QED) is 0.613. The largest absolute Gasteiger partial charge is 0.369 e. The zero-order valence-corrected chi connectivity index (χ0v) is 20.7. The molecule has 3 aromatic rings. The molecule has 0 aliphatic carbocycles. The number of carbonyl (C=O) groups is 2. The molecule has 0 atom stereocenters. The number of likely N-dealkylation sites (tertiary alicyclic amines) is 1. The highest BCUT2D eigenvalue weighted by Gasteiger charge is 2.33. The van der Waals surface area contributed by atoms with Crippen LogP contribution in [0, 0.1) is 25.7 Å². The number of fused-ring (bicyclic) bond motifs is 1. The van der Waals surface area contributed by atoms with E-state index in [-0.39, 0.29) is 23.7 Å². The van der Waals surface area contributed by atoms with E-state index in [2.05, 4.69) is 59.7 Å². The summed E-state index contributed by atoms with van der Waals surface area (Å²) >= 11 is 0. The number of aryl methyl sites for hydroxylation is 2. The second-order valence-corrected chi connectivity index (χ2v) is 10.2. The van der Waals surface area contributed by atoms with E-state index in [1.54, 1.807) is 0 Å². The van der Waals surface area contributed by atoms with Crippen LogP contribution in [0.4, 0.5) is 5.95 Å². The molecule has 0 saturated carbocycles. The van der Waals surface area contributed by atoms with Crippen LogP contribution in [-0.4, -0.2) is 52.4 Å². The van der Waals surface area contributed by atoms with E-state index in [4.69, 9.17) is 10.7 Å². The third kappa shape index (κ3) is 4.77. The molecule has 2 aliphatic rings. The van der Waals surface area contributed by atoms with E-state index in [9.17, 15) is 9.59 Å². The number of benzene rings is 2. The lowest BCUT2D eigenvalue weighted by atomic mass is 9.92. The molecule has 2 aromatic carbocycles. The van der Waals surface area contributed by atoms with Gasteiger partial charge in [-0.25, -0.2) is 4.98 Å². The lowest BCUT2D eigenvalue weighted by Gasteiger charge is -2.37. The Labute approximate surface area is 206 Å². The monoisotopic (exact) mass is 473 g/mol. The molecule has 7 nitrogen and oxygen atoms in total. The number of primary amides is 1. The molecule has 7 heteroatoms. The van der Waals surface area contributed by atoms with Crippen molar-refractivity contribution in [2.24, 2.45) is 17.6 Å². The fourth-order valence-electron chi connectivity index (χ4n) is 5.57. The van der Waals surface area contributed by atoms with Gasteiger partial charge in [-0.1, -0.05) is 35.9 Å². The van der Waals surface area contributed by atoms with Gasteiger partial charge in [0, 0.05) is 38.0 Å². The maximum atomic E-state index is 13.2. The molecule has 5 rings (SSSR count). The molecular weight excluding hydrogens is 438 g/mol. The number of piperidine rings is 2. The van der Waals surface area contributed by atoms with E-state index in [1.165, 1.54) is 16.7 Å². The van der Waals surface area contributed by atoms with Crippen molar-refractivity contribution in [2.45, 2.75) is 46.1 Å². The lowest BCUT2D eigenvalue weighted by molar-refractivity contribution is -0.139. The normalized spacial score (nSPS) is 17.8. The van der Waals surface area contributed by atoms with Crippen LogP contribution in [0.15, 0.2) is 42.5 Å². The Morgan fingerprint density at radius 2 is 1.63 bits per heavy atom. The molecule has 2 aliphatic heterocycles. The highest BCUT2D eigenvalue weighted by atomic mass is 16.2. The summed E-state index contributed by atoms with van der Waals surface area (Å²) < 4.78 is 2.33. The summed E-state index contributed by atoms with van der Waals surface area (Å²) in [5, 5.41) is 0. The Balaban J connectivity index is 1.31. The molecule has 0 radical (unpaired) electrons. The number of hydrogen-bond donors (Lipinski definition) is 1. The number of hydrogen-bond acceptors (Lipinski definition) is 4. The summed E-state index contributed by atoms with van der Waals surface area (Å²) in [5.41, 5.74) is 11.4. The Bertz CT molecular complexity index is 1230. The summed E-state index contributed by atoms with van der Waals surface area (Å²) in [6.07, 6.45) is 3.01. The van der Waals surface area contributed by atoms with Crippen molar-refractivity contribution in [3.8, 4) is 0 Å². The van der Waals surface area contributed by atoms with Gasteiger partial charge in [-0.15, -0.1) is 0 Å². The Hall–Kier alpha value is -3.35. The van der Waals surface area contributed by atoms with Gasteiger partial charge < -0.3 is 20.1 Å². The van der Waals surface area contributed by atoms with Crippen molar-refractivity contribution in [1.82, 2.24) is 14.5 Å². The summed E-state index contributed by atoms with van der Waals surface area (Å²) in [5.74, 6) is 0.921. The number of para-hydroxylation sites is 2. The van der Waals surface area contributed by atoms with Gasteiger partial charge in [0.1, 0.15) is 0 Å². The predicted molar refractivity (Wildman–Crippen MR) is 138 cm³/mol. The molecular formula is C28H35N5O2. The lowest BCUT2D eigenvalue weighted by Crippen LogP contribution is -2.47. The van der Waals surface area contributed by atoms with Gasteiger partial charge in [-0.2, -0.15) is 0 Å². The van der Waals surface area contributed by atoms with Crippen molar-refractivity contribution in [2.75, 3.05) is 31.1 Å². The van der Waals surface area contributed by atoms with Crippen LogP contribution >= 0.6 is 0 Å². The minimum atomic E-state index is -0.242. The second-order valence-electron chi connectivity index (χ2n) is 10.2. The van der Waals surface area contributed by atoms with Crippen LogP contribution in [0.25, 0.3) is 11.0 Å². The van der Waals surface area contributed by atoms with Crippen molar-refractivity contribution >= 4 is 28.8 Å². The van der Waals surface area contributed by atoms with E-state index in [0.717, 1.165) is 49.5 Å². The van der Waals surface area contributed by atoms with Crippen molar-refractivity contribution in [3.63, 3.8) is 0 Å². The van der Waals surface area contributed by atoms with Crippen molar-refractivity contribution < 1.29 is 9.59 Å². The van der Waals surface area contributed by atoms with Gasteiger partial charge in [0.2, 0.25) is 17.8 Å². The summed E-state index contributed by atoms with van der Waals surface area (Å²) in [6.45, 7) is 7.97. The molecule has 2 N–H and O–H groups in total. The van der Waals surface area contributed by atoms with Gasteiger partial charge in [-0.3, -0.25) is 9.59 Å². The highest BCUT2D eigenvalue weighted by molar-refractivity contribution is 5.81. The topological polar surface area (TPSA) is 84.5 Å².